The molecule has 1 amide bonds. The summed E-state index contributed by atoms with van der Waals surface area (Å²) in [6.07, 6.45) is 5.09. The van der Waals surface area contributed by atoms with Crippen molar-refractivity contribution < 1.29 is 4.79 Å². The molecule has 1 aliphatic carbocycles. The van der Waals surface area contributed by atoms with Crippen molar-refractivity contribution in [2.75, 3.05) is 5.32 Å². The van der Waals surface area contributed by atoms with Crippen LogP contribution in [0.1, 0.15) is 28.8 Å². The van der Waals surface area contributed by atoms with Gasteiger partial charge in [-0.05, 0) is 37.1 Å². The summed E-state index contributed by atoms with van der Waals surface area (Å²) in [6.45, 7) is 0. The maximum Gasteiger partial charge on any atom is 0.254 e. The van der Waals surface area contributed by atoms with E-state index in [4.69, 9.17) is 5.26 Å². The van der Waals surface area contributed by atoms with Crippen LogP contribution in [0.4, 0.5) is 11.6 Å². The molecule has 0 bridgehead atoms. The van der Waals surface area contributed by atoms with E-state index in [0.29, 0.717) is 23.1 Å². The number of nitriles is 1. The number of amides is 1. The van der Waals surface area contributed by atoms with Crippen molar-refractivity contribution in [1.82, 2.24) is 15.3 Å². The van der Waals surface area contributed by atoms with Gasteiger partial charge in [-0.25, -0.2) is 9.97 Å². The van der Waals surface area contributed by atoms with Crippen molar-refractivity contribution in [2.45, 2.75) is 18.9 Å². The lowest BCUT2D eigenvalue weighted by Gasteiger charge is -2.06. The smallest absolute Gasteiger partial charge is 0.254 e. The van der Waals surface area contributed by atoms with E-state index in [1.54, 1.807) is 24.3 Å². The molecule has 1 saturated carbocycles. The molecule has 6 heteroatoms. The van der Waals surface area contributed by atoms with E-state index in [9.17, 15) is 4.79 Å². The van der Waals surface area contributed by atoms with Gasteiger partial charge in [-0.3, -0.25) is 4.79 Å². The Bertz CT molecular complexity index is 683. The number of benzene rings is 1. The Morgan fingerprint density at radius 1 is 1.19 bits per heavy atom. The summed E-state index contributed by atoms with van der Waals surface area (Å²) in [6, 6.07) is 9.33. The number of rotatable bonds is 4. The van der Waals surface area contributed by atoms with E-state index in [2.05, 4.69) is 26.7 Å². The second-order valence-electron chi connectivity index (χ2n) is 4.86. The second-order valence-corrected chi connectivity index (χ2v) is 4.86. The molecule has 0 saturated heterocycles. The third-order valence-corrected chi connectivity index (χ3v) is 3.10. The maximum absolute atomic E-state index is 11.8. The molecular weight excluding hydrogens is 266 g/mol. The number of aromatic nitrogens is 2. The van der Waals surface area contributed by atoms with Crippen molar-refractivity contribution in [2.24, 2.45) is 0 Å². The van der Waals surface area contributed by atoms with Gasteiger partial charge in [-0.15, -0.1) is 0 Å². The van der Waals surface area contributed by atoms with Crippen LogP contribution in [0, 0.1) is 11.3 Å². The van der Waals surface area contributed by atoms with E-state index >= 15 is 0 Å². The molecule has 104 valence electrons. The van der Waals surface area contributed by atoms with Crippen LogP contribution in [-0.2, 0) is 0 Å². The summed E-state index contributed by atoms with van der Waals surface area (Å²) in [4.78, 5) is 20.0. The number of nitrogens with zero attached hydrogens (tertiary/aromatic N) is 3. The van der Waals surface area contributed by atoms with E-state index in [1.807, 2.05) is 0 Å². The van der Waals surface area contributed by atoms with E-state index in [1.165, 1.54) is 12.4 Å². The number of hydrogen-bond acceptors (Lipinski definition) is 5. The van der Waals surface area contributed by atoms with Gasteiger partial charge >= 0.3 is 0 Å². The van der Waals surface area contributed by atoms with Crippen LogP contribution in [0.25, 0.3) is 0 Å². The zero-order chi connectivity index (χ0) is 14.7. The van der Waals surface area contributed by atoms with Gasteiger partial charge in [0, 0.05) is 24.1 Å². The lowest BCUT2D eigenvalue weighted by Crippen LogP contribution is -2.25. The van der Waals surface area contributed by atoms with Gasteiger partial charge in [0.05, 0.1) is 17.2 Å². The van der Waals surface area contributed by atoms with Crippen LogP contribution in [-0.4, -0.2) is 21.9 Å². The Balaban J connectivity index is 1.65. The fraction of sp³-hybridized carbons (Fsp3) is 0.200. The molecule has 1 heterocycles. The lowest BCUT2D eigenvalue weighted by molar-refractivity contribution is 0.0950. The van der Waals surface area contributed by atoms with E-state index in [0.717, 1.165) is 18.5 Å². The average molecular weight is 279 g/mol. The highest BCUT2D eigenvalue weighted by atomic mass is 16.1. The SMILES string of the molecule is N#Cc1ccc(Nc2ncc(C(=O)NC3CC3)cn2)cc1. The van der Waals surface area contributed by atoms with Gasteiger partial charge in [0.25, 0.3) is 5.91 Å². The largest absolute Gasteiger partial charge is 0.349 e. The predicted octanol–water partition coefficient (Wildman–Crippen LogP) is 1.98. The van der Waals surface area contributed by atoms with Crippen LogP contribution in [0.3, 0.4) is 0 Å². The van der Waals surface area contributed by atoms with Crippen LogP contribution >= 0.6 is 0 Å². The Morgan fingerprint density at radius 2 is 1.86 bits per heavy atom. The first-order valence-corrected chi connectivity index (χ1v) is 6.65. The van der Waals surface area contributed by atoms with Gasteiger partial charge in [-0.2, -0.15) is 5.26 Å². The molecule has 1 aliphatic rings. The summed E-state index contributed by atoms with van der Waals surface area (Å²) in [5, 5.41) is 14.6. The fourth-order valence-electron chi connectivity index (χ4n) is 1.76. The predicted molar refractivity (Wildman–Crippen MR) is 77.0 cm³/mol. The molecule has 0 spiro atoms. The summed E-state index contributed by atoms with van der Waals surface area (Å²) < 4.78 is 0. The van der Waals surface area contributed by atoms with Crippen molar-refractivity contribution >= 4 is 17.5 Å². The fourth-order valence-corrected chi connectivity index (χ4v) is 1.76. The van der Waals surface area contributed by atoms with E-state index < -0.39 is 0 Å². The molecule has 1 aromatic heterocycles. The minimum absolute atomic E-state index is 0.137. The quantitative estimate of drug-likeness (QED) is 0.893. The Hall–Kier alpha value is -2.94. The number of hydrogen-bond donors (Lipinski definition) is 2. The molecule has 6 nitrogen and oxygen atoms in total. The number of anilines is 2. The third kappa shape index (κ3) is 3.34. The summed E-state index contributed by atoms with van der Waals surface area (Å²) in [5.74, 6) is 0.269. The normalized spacial score (nSPS) is 13.3. The van der Waals surface area contributed by atoms with Crippen LogP contribution < -0.4 is 10.6 Å². The number of nitrogens with one attached hydrogen (secondary N) is 2. The van der Waals surface area contributed by atoms with Crippen molar-refractivity contribution in [3.8, 4) is 6.07 Å². The van der Waals surface area contributed by atoms with Crippen molar-refractivity contribution in [3.05, 3.63) is 47.8 Å². The molecule has 1 aromatic carbocycles. The standard InChI is InChI=1S/C15H13N5O/c16-7-10-1-3-13(4-2-10)20-15-17-8-11(9-18-15)14(21)19-12-5-6-12/h1-4,8-9,12H,5-6H2,(H,19,21)(H,17,18,20). The lowest BCUT2D eigenvalue weighted by atomic mass is 10.2. The monoisotopic (exact) mass is 279 g/mol. The molecule has 0 aliphatic heterocycles. The van der Waals surface area contributed by atoms with Crippen molar-refractivity contribution in [3.63, 3.8) is 0 Å². The topological polar surface area (TPSA) is 90.7 Å². The summed E-state index contributed by atoms with van der Waals surface area (Å²) in [7, 11) is 0. The summed E-state index contributed by atoms with van der Waals surface area (Å²) in [5.41, 5.74) is 1.82. The highest BCUT2D eigenvalue weighted by Crippen LogP contribution is 2.19. The van der Waals surface area contributed by atoms with Gasteiger partial charge in [0.1, 0.15) is 0 Å². The van der Waals surface area contributed by atoms with Gasteiger partial charge in [-0.1, -0.05) is 0 Å². The molecule has 3 rings (SSSR count). The average Bonchev–Trinajstić information content (AvgIpc) is 3.33. The zero-order valence-corrected chi connectivity index (χ0v) is 11.2. The van der Waals surface area contributed by atoms with Crippen LogP contribution in [0.5, 0.6) is 0 Å². The first kappa shape index (κ1) is 13.1. The molecule has 21 heavy (non-hydrogen) atoms. The molecule has 1 fully saturated rings. The Morgan fingerprint density at radius 3 is 2.43 bits per heavy atom. The van der Waals surface area contributed by atoms with Gasteiger partial charge < -0.3 is 10.6 Å². The van der Waals surface area contributed by atoms with Crippen molar-refractivity contribution in [1.29, 1.82) is 5.26 Å². The first-order valence-electron chi connectivity index (χ1n) is 6.65. The minimum atomic E-state index is -0.137. The molecule has 2 aromatic rings. The molecule has 0 atom stereocenters. The van der Waals surface area contributed by atoms with Crippen LogP contribution in [0.15, 0.2) is 36.7 Å². The number of carbonyl (C=O) groups excluding carboxylic acids is 1. The van der Waals surface area contributed by atoms with E-state index in [-0.39, 0.29) is 5.91 Å². The first-order chi connectivity index (χ1) is 10.2. The Labute approximate surface area is 121 Å². The summed E-state index contributed by atoms with van der Waals surface area (Å²) >= 11 is 0. The highest BCUT2D eigenvalue weighted by Gasteiger charge is 2.23. The third-order valence-electron chi connectivity index (χ3n) is 3.10. The molecule has 0 unspecified atom stereocenters. The Kier molecular flexibility index (Phi) is 3.48. The minimum Gasteiger partial charge on any atom is -0.349 e. The van der Waals surface area contributed by atoms with Gasteiger partial charge in [0.15, 0.2) is 0 Å². The van der Waals surface area contributed by atoms with Crippen LogP contribution in [0.2, 0.25) is 0 Å². The molecular formula is C15H13N5O. The maximum atomic E-state index is 11.8. The highest BCUT2D eigenvalue weighted by molar-refractivity contribution is 5.94. The van der Waals surface area contributed by atoms with Gasteiger partial charge in [0.2, 0.25) is 5.95 Å². The zero-order valence-electron chi connectivity index (χ0n) is 11.2. The second kappa shape index (κ2) is 5.59. The number of carbonyl (C=O) groups is 1. The molecule has 2 N–H and O–H groups in total. The molecule has 0 radical (unpaired) electrons.